The van der Waals surface area contributed by atoms with Crippen LogP contribution in [-0.2, 0) is 14.3 Å². The Morgan fingerprint density at radius 1 is 1.18 bits per heavy atom. The third-order valence-corrected chi connectivity index (χ3v) is 4.40. The Morgan fingerprint density at radius 2 is 1.89 bits per heavy atom. The van der Waals surface area contributed by atoms with E-state index in [-0.39, 0.29) is 22.8 Å². The molecule has 1 heterocycles. The highest BCUT2D eigenvalue weighted by Crippen LogP contribution is 2.36. The number of hydrogen-bond acceptors (Lipinski definition) is 5. The van der Waals surface area contributed by atoms with Gasteiger partial charge in [-0.25, -0.2) is 4.79 Å². The molecule has 1 N–H and O–H groups in total. The van der Waals surface area contributed by atoms with Gasteiger partial charge < -0.3 is 14.6 Å². The molecule has 2 aromatic carbocycles. The Balaban J connectivity index is 2.11. The summed E-state index contributed by atoms with van der Waals surface area (Å²) in [5.41, 5.74) is 2.21. The predicted molar refractivity (Wildman–Crippen MR) is 106 cm³/mol. The Morgan fingerprint density at radius 3 is 2.54 bits per heavy atom. The molecule has 0 fully saturated rings. The summed E-state index contributed by atoms with van der Waals surface area (Å²) < 4.78 is 10.3. The van der Waals surface area contributed by atoms with Gasteiger partial charge in [0.1, 0.15) is 0 Å². The van der Waals surface area contributed by atoms with Gasteiger partial charge in [0.2, 0.25) is 0 Å². The number of benzene rings is 2. The van der Waals surface area contributed by atoms with Crippen LogP contribution in [0, 0.1) is 0 Å². The molecule has 0 aromatic heterocycles. The fourth-order valence-electron chi connectivity index (χ4n) is 3.13. The standard InChI is InChI=1S/C22H21NO5/c1-4-28-19-13-15(10-11-18(19)24)12-17-20(22(26)27-3)14(2)23(21(17)25)16-8-6-5-7-9-16/h5-13,24H,4H2,1-3H3/b17-12-. The molecule has 0 unspecified atom stereocenters. The van der Waals surface area contributed by atoms with Crippen LogP contribution in [-0.4, -0.2) is 30.7 Å². The van der Waals surface area contributed by atoms with Crippen LogP contribution in [0.5, 0.6) is 11.5 Å². The summed E-state index contributed by atoms with van der Waals surface area (Å²) in [5, 5.41) is 9.89. The minimum atomic E-state index is -0.584. The van der Waals surface area contributed by atoms with E-state index in [0.717, 1.165) is 0 Å². The number of methoxy groups -OCH3 is 1. The van der Waals surface area contributed by atoms with Crippen LogP contribution in [0.15, 0.2) is 65.4 Å². The van der Waals surface area contributed by atoms with E-state index in [4.69, 9.17) is 9.47 Å². The lowest BCUT2D eigenvalue weighted by molar-refractivity contribution is -0.136. The molecule has 2 aromatic rings. The number of nitrogens with zero attached hydrogens (tertiary/aromatic N) is 1. The number of rotatable bonds is 5. The van der Waals surface area contributed by atoms with Crippen LogP contribution in [0.25, 0.3) is 6.08 Å². The largest absolute Gasteiger partial charge is 0.504 e. The second-order valence-electron chi connectivity index (χ2n) is 6.15. The number of carbonyl (C=O) groups is 2. The zero-order chi connectivity index (χ0) is 20.3. The molecule has 1 aliphatic rings. The summed E-state index contributed by atoms with van der Waals surface area (Å²) >= 11 is 0. The van der Waals surface area contributed by atoms with Crippen LogP contribution in [0.3, 0.4) is 0 Å². The van der Waals surface area contributed by atoms with Crippen LogP contribution >= 0.6 is 0 Å². The van der Waals surface area contributed by atoms with Crippen molar-refractivity contribution in [2.24, 2.45) is 0 Å². The molecule has 0 saturated heterocycles. The first-order chi connectivity index (χ1) is 13.5. The summed E-state index contributed by atoms with van der Waals surface area (Å²) in [5.74, 6) is -0.593. The molecule has 0 aliphatic carbocycles. The molecule has 6 heteroatoms. The summed E-state index contributed by atoms with van der Waals surface area (Å²) in [7, 11) is 1.28. The van der Waals surface area contributed by atoms with Gasteiger partial charge in [-0.1, -0.05) is 24.3 Å². The number of ether oxygens (including phenoxy) is 2. The fourth-order valence-corrected chi connectivity index (χ4v) is 3.13. The van der Waals surface area contributed by atoms with Crippen LogP contribution in [0.4, 0.5) is 5.69 Å². The van der Waals surface area contributed by atoms with E-state index >= 15 is 0 Å². The zero-order valence-electron chi connectivity index (χ0n) is 15.9. The van der Waals surface area contributed by atoms with Gasteiger partial charge in [-0.3, -0.25) is 9.69 Å². The third-order valence-electron chi connectivity index (χ3n) is 4.40. The number of aromatic hydroxyl groups is 1. The number of amides is 1. The minimum absolute atomic E-state index is 0.00701. The Labute approximate surface area is 163 Å². The molecular formula is C22H21NO5. The number of esters is 1. The normalized spacial score (nSPS) is 15.3. The maximum Gasteiger partial charge on any atom is 0.340 e. The van der Waals surface area contributed by atoms with E-state index in [1.165, 1.54) is 18.1 Å². The van der Waals surface area contributed by atoms with Crippen LogP contribution in [0.2, 0.25) is 0 Å². The van der Waals surface area contributed by atoms with Crippen molar-refractivity contribution in [3.05, 3.63) is 70.9 Å². The van der Waals surface area contributed by atoms with Gasteiger partial charge in [0.05, 0.1) is 24.9 Å². The maximum absolute atomic E-state index is 13.2. The number of phenols is 1. The number of phenolic OH excluding ortho intramolecular Hbond substituents is 1. The molecule has 0 atom stereocenters. The van der Waals surface area contributed by atoms with Gasteiger partial charge in [-0.05, 0) is 49.8 Å². The highest BCUT2D eigenvalue weighted by atomic mass is 16.5. The Hall–Kier alpha value is -3.54. The molecule has 0 spiro atoms. The van der Waals surface area contributed by atoms with Crippen molar-refractivity contribution < 1.29 is 24.2 Å². The first-order valence-corrected chi connectivity index (χ1v) is 8.84. The van der Waals surface area contributed by atoms with E-state index in [0.29, 0.717) is 29.3 Å². The molecular weight excluding hydrogens is 358 g/mol. The van der Waals surface area contributed by atoms with Gasteiger partial charge in [-0.2, -0.15) is 0 Å². The number of para-hydroxylation sites is 1. The lowest BCUT2D eigenvalue weighted by Crippen LogP contribution is -2.24. The molecule has 0 radical (unpaired) electrons. The first kappa shape index (κ1) is 19.2. The van der Waals surface area contributed by atoms with Crippen molar-refractivity contribution in [1.29, 1.82) is 0 Å². The molecule has 0 saturated carbocycles. The predicted octanol–water partition coefficient (Wildman–Crippen LogP) is 3.67. The van der Waals surface area contributed by atoms with Crippen molar-refractivity contribution >= 4 is 23.6 Å². The SMILES string of the molecule is CCOc1cc(/C=C2\C(=O)N(c3ccccc3)C(C)=C2C(=O)OC)ccc1O. The quantitative estimate of drug-likeness (QED) is 0.634. The van der Waals surface area contributed by atoms with Gasteiger partial charge in [0, 0.05) is 11.4 Å². The summed E-state index contributed by atoms with van der Waals surface area (Å²) in [6.07, 6.45) is 1.60. The second-order valence-corrected chi connectivity index (χ2v) is 6.15. The summed E-state index contributed by atoms with van der Waals surface area (Å²) in [4.78, 5) is 27.1. The maximum atomic E-state index is 13.2. The van der Waals surface area contributed by atoms with Gasteiger partial charge in [-0.15, -0.1) is 0 Å². The lowest BCUT2D eigenvalue weighted by atomic mass is 10.0. The van der Waals surface area contributed by atoms with Gasteiger partial charge in [0.25, 0.3) is 5.91 Å². The van der Waals surface area contributed by atoms with E-state index < -0.39 is 5.97 Å². The topological polar surface area (TPSA) is 76.1 Å². The fraction of sp³-hybridized carbons (Fsp3) is 0.182. The highest BCUT2D eigenvalue weighted by Gasteiger charge is 2.37. The van der Waals surface area contributed by atoms with Crippen molar-refractivity contribution in [1.82, 2.24) is 0 Å². The first-order valence-electron chi connectivity index (χ1n) is 8.84. The summed E-state index contributed by atoms with van der Waals surface area (Å²) in [6, 6.07) is 13.8. The molecule has 1 amide bonds. The van der Waals surface area contributed by atoms with Gasteiger partial charge >= 0.3 is 5.97 Å². The monoisotopic (exact) mass is 379 g/mol. The van der Waals surface area contributed by atoms with Crippen LogP contribution in [0.1, 0.15) is 19.4 Å². The highest BCUT2D eigenvalue weighted by molar-refractivity contribution is 6.23. The van der Waals surface area contributed by atoms with E-state index in [9.17, 15) is 14.7 Å². The third kappa shape index (κ3) is 3.49. The Kier molecular flexibility index (Phi) is 5.49. The average molecular weight is 379 g/mol. The summed E-state index contributed by atoms with van der Waals surface area (Å²) in [6.45, 7) is 3.91. The smallest absolute Gasteiger partial charge is 0.340 e. The van der Waals surface area contributed by atoms with Crippen LogP contribution < -0.4 is 9.64 Å². The number of allylic oxidation sites excluding steroid dienone is 1. The molecule has 28 heavy (non-hydrogen) atoms. The number of hydrogen-bond donors (Lipinski definition) is 1. The Bertz CT molecular complexity index is 976. The van der Waals surface area contributed by atoms with Crippen molar-refractivity contribution in [2.75, 3.05) is 18.6 Å². The minimum Gasteiger partial charge on any atom is -0.504 e. The van der Waals surface area contributed by atoms with E-state index in [1.54, 1.807) is 37.3 Å². The molecule has 1 aliphatic heterocycles. The van der Waals surface area contributed by atoms with E-state index in [2.05, 4.69) is 0 Å². The molecule has 6 nitrogen and oxygen atoms in total. The number of anilines is 1. The van der Waals surface area contributed by atoms with Crippen molar-refractivity contribution in [2.45, 2.75) is 13.8 Å². The van der Waals surface area contributed by atoms with Crippen molar-refractivity contribution in [3.8, 4) is 11.5 Å². The second kappa shape index (κ2) is 8.00. The number of carbonyl (C=O) groups excluding carboxylic acids is 2. The van der Waals surface area contributed by atoms with Crippen molar-refractivity contribution in [3.63, 3.8) is 0 Å². The molecule has 0 bridgehead atoms. The zero-order valence-corrected chi connectivity index (χ0v) is 15.9. The van der Waals surface area contributed by atoms with E-state index in [1.807, 2.05) is 25.1 Å². The average Bonchev–Trinajstić information content (AvgIpc) is 2.94. The van der Waals surface area contributed by atoms with Gasteiger partial charge in [0.15, 0.2) is 11.5 Å². The molecule has 144 valence electrons. The lowest BCUT2D eigenvalue weighted by Gasteiger charge is -2.17. The molecule has 3 rings (SSSR count).